The molecule has 2 N–H and O–H groups in total. The van der Waals surface area contributed by atoms with Crippen molar-refractivity contribution >= 4 is 17.5 Å². The third kappa shape index (κ3) is 6.58. The van der Waals surface area contributed by atoms with Gasteiger partial charge >= 0.3 is 12.7 Å². The Hall–Kier alpha value is -5.51. The fraction of sp³-hybridized carbons (Fsp3) is 0.133. The van der Waals surface area contributed by atoms with Crippen LogP contribution in [0.3, 0.4) is 0 Å². The van der Waals surface area contributed by atoms with Crippen LogP contribution in [0, 0.1) is 5.82 Å². The first-order valence-corrected chi connectivity index (χ1v) is 14.0. The average Bonchev–Trinajstić information content (AvgIpc) is 3.81. The number of nitrogens with zero attached hydrogens (tertiary/aromatic N) is 8. The van der Waals surface area contributed by atoms with Crippen LogP contribution < -0.4 is 5.73 Å². The number of benzene rings is 2. The molecule has 0 radical (unpaired) electrons. The largest absolute Gasteiger partial charge is 0.436 e. The minimum Gasteiger partial charge on any atom is -0.366 e. The lowest BCUT2D eigenvalue weighted by Crippen LogP contribution is -2.16. The Balaban J connectivity index is 1.37. The van der Waals surface area contributed by atoms with E-state index in [1.54, 1.807) is 24.4 Å². The highest BCUT2D eigenvalue weighted by Gasteiger charge is 2.34. The lowest BCUT2D eigenvalue weighted by Gasteiger charge is -2.17. The topological polar surface area (TPSA) is 122 Å². The molecular formula is C30H20ClF6N9O. The molecule has 0 spiro atoms. The Morgan fingerprint density at radius 3 is 2.36 bits per heavy atom. The molecule has 1 atom stereocenters. The molecule has 4 aromatic heterocycles. The molecule has 0 aliphatic carbocycles. The number of pyridine rings is 1. The number of carbonyl (C=O) groups is 1. The quantitative estimate of drug-likeness (QED) is 0.175. The van der Waals surface area contributed by atoms with Crippen molar-refractivity contribution in [3.8, 4) is 27.9 Å². The molecule has 6 aromatic rings. The molecule has 0 fully saturated rings. The van der Waals surface area contributed by atoms with Gasteiger partial charge in [-0.05, 0) is 48.0 Å². The first kappa shape index (κ1) is 31.5. The Labute approximate surface area is 266 Å². The predicted molar refractivity (Wildman–Crippen MR) is 156 cm³/mol. The second-order valence-corrected chi connectivity index (χ2v) is 10.7. The van der Waals surface area contributed by atoms with Crippen LogP contribution in [0.2, 0.25) is 5.02 Å². The van der Waals surface area contributed by atoms with Gasteiger partial charge in [0.15, 0.2) is 5.69 Å². The summed E-state index contributed by atoms with van der Waals surface area (Å²) in [5, 5.41) is 15.5. The monoisotopic (exact) mass is 671 g/mol. The highest BCUT2D eigenvalue weighted by Crippen LogP contribution is 2.33. The van der Waals surface area contributed by atoms with Gasteiger partial charge in [0, 0.05) is 46.7 Å². The summed E-state index contributed by atoms with van der Waals surface area (Å²) in [5.74, 6) is -1.73. The fourth-order valence-electron chi connectivity index (χ4n) is 4.89. The number of rotatable bonds is 9. The molecule has 10 nitrogen and oxygen atoms in total. The number of halogens is 7. The minimum absolute atomic E-state index is 0.0732. The van der Waals surface area contributed by atoms with E-state index in [2.05, 4.69) is 25.5 Å². The zero-order valence-corrected chi connectivity index (χ0v) is 24.4. The van der Waals surface area contributed by atoms with Gasteiger partial charge < -0.3 is 5.73 Å². The van der Waals surface area contributed by atoms with Crippen LogP contribution in [0.25, 0.3) is 27.9 Å². The summed E-state index contributed by atoms with van der Waals surface area (Å²) in [7, 11) is 0. The molecule has 6 rings (SSSR count). The molecule has 0 aliphatic heterocycles. The maximum absolute atomic E-state index is 14.5. The van der Waals surface area contributed by atoms with E-state index in [4.69, 9.17) is 17.3 Å². The van der Waals surface area contributed by atoms with E-state index in [-0.39, 0.29) is 17.7 Å². The van der Waals surface area contributed by atoms with Gasteiger partial charge in [-0.25, -0.2) is 13.8 Å². The molecule has 2 aromatic carbocycles. The van der Waals surface area contributed by atoms with Gasteiger partial charge in [-0.15, -0.1) is 5.10 Å². The van der Waals surface area contributed by atoms with Crippen LogP contribution in [0.15, 0.2) is 85.6 Å². The second kappa shape index (κ2) is 12.4. The molecule has 240 valence electrons. The average molecular weight is 672 g/mol. The number of nitrogens with two attached hydrogens (primary N) is 1. The molecule has 1 unspecified atom stereocenters. The van der Waals surface area contributed by atoms with Crippen molar-refractivity contribution in [2.45, 2.75) is 25.2 Å². The summed E-state index contributed by atoms with van der Waals surface area (Å²) in [5.41, 5.74) is 6.51. The van der Waals surface area contributed by atoms with Crippen LogP contribution >= 0.6 is 11.6 Å². The fourth-order valence-corrected chi connectivity index (χ4v) is 5.06. The van der Waals surface area contributed by atoms with Crippen molar-refractivity contribution in [2.75, 3.05) is 0 Å². The van der Waals surface area contributed by atoms with Crippen LogP contribution in [0.4, 0.5) is 26.3 Å². The summed E-state index contributed by atoms with van der Waals surface area (Å²) < 4.78 is 83.6. The van der Waals surface area contributed by atoms with Gasteiger partial charge in [-0.1, -0.05) is 28.9 Å². The van der Waals surface area contributed by atoms with E-state index >= 15 is 0 Å². The Morgan fingerprint density at radius 2 is 1.72 bits per heavy atom. The van der Waals surface area contributed by atoms with Crippen molar-refractivity contribution in [3.63, 3.8) is 0 Å². The maximum atomic E-state index is 14.5. The second-order valence-electron chi connectivity index (χ2n) is 10.2. The van der Waals surface area contributed by atoms with E-state index in [0.29, 0.717) is 43.3 Å². The number of alkyl halides is 5. The highest BCUT2D eigenvalue weighted by atomic mass is 35.5. The lowest BCUT2D eigenvalue weighted by atomic mass is 10.0. The number of carbonyl (C=O) groups excluding carboxylic acids is 1. The first-order chi connectivity index (χ1) is 22.4. The first-order valence-electron chi connectivity index (χ1n) is 13.6. The van der Waals surface area contributed by atoms with E-state index in [0.717, 1.165) is 23.1 Å². The Morgan fingerprint density at radius 1 is 0.936 bits per heavy atom. The van der Waals surface area contributed by atoms with Gasteiger partial charge in [-0.2, -0.15) is 32.1 Å². The summed E-state index contributed by atoms with van der Waals surface area (Å²) >= 11 is 6.23. The van der Waals surface area contributed by atoms with Gasteiger partial charge in [0.2, 0.25) is 0 Å². The van der Waals surface area contributed by atoms with E-state index in [9.17, 15) is 31.1 Å². The molecule has 0 saturated heterocycles. The Kier molecular flexibility index (Phi) is 8.27. The maximum Gasteiger partial charge on any atom is 0.436 e. The van der Waals surface area contributed by atoms with E-state index < -0.39 is 36.2 Å². The van der Waals surface area contributed by atoms with Gasteiger partial charge in [-0.3, -0.25) is 14.5 Å². The molecule has 1 amide bonds. The molecule has 0 saturated carbocycles. The number of hydrogen-bond donors (Lipinski definition) is 1. The van der Waals surface area contributed by atoms with Crippen molar-refractivity contribution in [1.29, 1.82) is 0 Å². The number of amides is 1. The number of hydrogen-bond acceptors (Lipinski definition) is 6. The number of aromatic nitrogens is 8. The van der Waals surface area contributed by atoms with Crippen molar-refractivity contribution in [2.24, 2.45) is 5.73 Å². The summed E-state index contributed by atoms with van der Waals surface area (Å²) in [6.07, 6.45) is 1.81. The van der Waals surface area contributed by atoms with Gasteiger partial charge in [0.25, 0.3) is 5.91 Å². The molecular weight excluding hydrogens is 652 g/mol. The zero-order chi connectivity index (χ0) is 33.5. The lowest BCUT2D eigenvalue weighted by molar-refractivity contribution is -0.141. The SMILES string of the molecule is NC(=O)c1ccc(-c2cnn(C(Cc3ccn(C(F)F)n3)c3ccc(-c4cc(Cl)ccc4-n4cc(C(F)(F)F)nn4)cn3)c2)cc1F. The van der Waals surface area contributed by atoms with Crippen LogP contribution in [0.5, 0.6) is 0 Å². The van der Waals surface area contributed by atoms with Crippen LogP contribution in [0.1, 0.15) is 40.0 Å². The molecule has 0 bridgehead atoms. The zero-order valence-electron chi connectivity index (χ0n) is 23.7. The molecule has 4 heterocycles. The molecule has 17 heteroatoms. The highest BCUT2D eigenvalue weighted by molar-refractivity contribution is 6.31. The normalized spacial score (nSPS) is 12.5. The molecule has 47 heavy (non-hydrogen) atoms. The van der Waals surface area contributed by atoms with E-state index in [1.165, 1.54) is 47.4 Å². The van der Waals surface area contributed by atoms with Gasteiger partial charge in [0.05, 0.1) is 41.1 Å². The third-order valence-corrected chi connectivity index (χ3v) is 7.42. The third-order valence-electron chi connectivity index (χ3n) is 7.18. The van der Waals surface area contributed by atoms with Gasteiger partial charge in [0.1, 0.15) is 5.82 Å². The summed E-state index contributed by atoms with van der Waals surface area (Å²) in [6.45, 7) is -2.85. The minimum atomic E-state index is -4.69. The van der Waals surface area contributed by atoms with Crippen molar-refractivity contribution in [1.82, 2.24) is 39.5 Å². The summed E-state index contributed by atoms with van der Waals surface area (Å²) in [6, 6.07) is 12.5. The number of primary amides is 1. The predicted octanol–water partition coefficient (Wildman–Crippen LogP) is 6.53. The molecule has 0 aliphatic rings. The van der Waals surface area contributed by atoms with Crippen molar-refractivity contribution < 1.29 is 31.1 Å². The van der Waals surface area contributed by atoms with Crippen molar-refractivity contribution in [3.05, 3.63) is 119 Å². The smallest absolute Gasteiger partial charge is 0.366 e. The van der Waals surface area contributed by atoms with E-state index in [1.807, 2.05) is 0 Å². The summed E-state index contributed by atoms with van der Waals surface area (Å²) in [4.78, 5) is 16.0. The van der Waals surface area contributed by atoms with Crippen LogP contribution in [-0.4, -0.2) is 45.4 Å². The standard InChI is InChI=1S/C30H20ClF6N9O/c31-19-3-6-25(46-15-27(41-43-46)30(35,36)37)22(10-19)17-2-5-24(39-12-17)26(11-20-7-8-44(42-20)29(33)34)45-14-18(13-40-45)16-1-4-21(28(38)47)23(32)9-16/h1-10,12-15,26,29H,11H2,(H2,38,47). The Bertz CT molecular complexity index is 2070. The van der Waals surface area contributed by atoms with Crippen LogP contribution in [-0.2, 0) is 12.6 Å².